The molecule has 1 saturated heterocycles. The van der Waals surface area contributed by atoms with E-state index in [1.807, 2.05) is 0 Å². The molecule has 14 nitrogen and oxygen atoms in total. The molecule has 17 heteroatoms. The van der Waals surface area contributed by atoms with Crippen molar-refractivity contribution in [2.24, 2.45) is 5.16 Å². The number of oxime groups is 1. The number of thioether (sulfide) groups is 1. The summed E-state index contributed by atoms with van der Waals surface area (Å²) in [7, 11) is 0. The van der Waals surface area contributed by atoms with Gasteiger partial charge in [-0.05, 0) is 23.2 Å². The number of esters is 2. The molecule has 4 rings (SSSR count). The molecule has 2 aromatic rings. The minimum atomic E-state index is -1.19. The zero-order valence-electron chi connectivity index (χ0n) is 19.9. The summed E-state index contributed by atoms with van der Waals surface area (Å²) >= 11 is 3.51. The highest BCUT2D eigenvalue weighted by Gasteiger charge is 2.54. The van der Waals surface area contributed by atoms with Crippen molar-refractivity contribution in [2.45, 2.75) is 38.0 Å². The number of thiazole rings is 1. The first-order valence-corrected chi connectivity index (χ1v) is 13.8. The molecule has 38 heavy (non-hydrogen) atoms. The first kappa shape index (κ1) is 27.2. The van der Waals surface area contributed by atoms with E-state index in [1.54, 1.807) is 24.5 Å². The Bertz CT molecular complexity index is 1340. The van der Waals surface area contributed by atoms with E-state index in [1.165, 1.54) is 29.0 Å². The summed E-state index contributed by atoms with van der Waals surface area (Å²) in [6.07, 6.45) is 2.17. The number of amides is 2. The quantitative estimate of drug-likeness (QED) is 0.0951. The van der Waals surface area contributed by atoms with Crippen LogP contribution in [0.15, 0.2) is 33.3 Å². The van der Waals surface area contributed by atoms with E-state index < -0.39 is 47.2 Å². The summed E-state index contributed by atoms with van der Waals surface area (Å²) in [5, 5.41) is 21.5. The molecule has 0 aliphatic carbocycles. The number of ether oxygens (including phenoxy) is 2. The lowest BCUT2D eigenvalue weighted by Gasteiger charge is -2.49. The van der Waals surface area contributed by atoms with Gasteiger partial charge in [-0.2, -0.15) is 0 Å². The largest absolute Gasteiger partial charge is 0.425 e. The molecular weight excluding hydrogens is 558 g/mol. The molecule has 2 aliphatic rings. The van der Waals surface area contributed by atoms with Gasteiger partial charge >= 0.3 is 11.9 Å². The lowest BCUT2D eigenvalue weighted by atomic mass is 10.0. The minimum Gasteiger partial charge on any atom is -0.425 e. The van der Waals surface area contributed by atoms with Gasteiger partial charge in [-0.25, -0.2) is 9.78 Å². The number of nitrogens with zero attached hydrogens (tertiary/aromatic N) is 5. The number of nitrogen functional groups attached to an aromatic ring is 1. The van der Waals surface area contributed by atoms with E-state index >= 15 is 0 Å². The number of nitrogens with two attached hydrogens (primary N) is 1. The average Bonchev–Trinajstić information content (AvgIpc) is 3.57. The number of rotatable bonds is 9. The number of carbonyl (C=O) groups is 4. The Kier molecular flexibility index (Phi) is 8.38. The third-order valence-electron chi connectivity index (χ3n) is 5.25. The molecule has 4 N–H and O–H groups in total. The van der Waals surface area contributed by atoms with Crippen molar-refractivity contribution >= 4 is 75.3 Å². The van der Waals surface area contributed by atoms with Crippen LogP contribution < -0.4 is 11.1 Å². The molecule has 2 unspecified atom stereocenters. The lowest BCUT2D eigenvalue weighted by Crippen LogP contribution is -2.71. The summed E-state index contributed by atoms with van der Waals surface area (Å²) in [6, 6.07) is -1.02. The van der Waals surface area contributed by atoms with Crippen LogP contribution in [0, 0.1) is 0 Å². The van der Waals surface area contributed by atoms with Gasteiger partial charge < -0.3 is 25.7 Å². The number of β-lactam (4-membered cyclic amide) rings is 1. The second kappa shape index (κ2) is 11.7. The first-order valence-electron chi connectivity index (χ1n) is 11.0. The minimum absolute atomic E-state index is 0.0496. The predicted molar refractivity (Wildman–Crippen MR) is 138 cm³/mol. The van der Waals surface area contributed by atoms with Gasteiger partial charge in [-0.3, -0.25) is 19.3 Å². The van der Waals surface area contributed by atoms with E-state index in [4.69, 9.17) is 15.2 Å². The van der Waals surface area contributed by atoms with Gasteiger partial charge in [0.1, 0.15) is 22.8 Å². The maximum absolute atomic E-state index is 13.2. The third-order valence-corrected chi connectivity index (χ3v) is 7.75. The van der Waals surface area contributed by atoms with Gasteiger partial charge in [-0.1, -0.05) is 22.6 Å². The molecule has 4 heterocycles. The number of nitrogens with one attached hydrogen (secondary N) is 1. The van der Waals surface area contributed by atoms with Crippen LogP contribution in [0.5, 0.6) is 0 Å². The average molecular weight is 580 g/mol. The van der Waals surface area contributed by atoms with Crippen LogP contribution in [0.2, 0.25) is 0 Å². The Morgan fingerprint density at radius 2 is 2.13 bits per heavy atom. The second-order valence-corrected chi connectivity index (χ2v) is 10.3. The number of fused-ring (bicyclic) bond motifs is 1. The fourth-order valence-corrected chi connectivity index (χ4v) is 5.80. The van der Waals surface area contributed by atoms with Crippen molar-refractivity contribution in [1.82, 2.24) is 24.8 Å². The monoisotopic (exact) mass is 579 g/mol. The maximum atomic E-state index is 13.2. The van der Waals surface area contributed by atoms with Gasteiger partial charge in [0.25, 0.3) is 11.8 Å². The Morgan fingerprint density at radius 1 is 1.34 bits per heavy atom. The van der Waals surface area contributed by atoms with Gasteiger partial charge in [0.15, 0.2) is 10.8 Å². The van der Waals surface area contributed by atoms with E-state index in [9.17, 15) is 24.4 Å². The van der Waals surface area contributed by atoms with Gasteiger partial charge in [-0.15, -0.1) is 28.2 Å². The molecule has 0 aromatic carbocycles. The number of hydrogen-bond acceptors (Lipinski definition) is 15. The van der Waals surface area contributed by atoms with Crippen LogP contribution in [0.3, 0.4) is 0 Å². The Labute approximate surface area is 227 Å². The van der Waals surface area contributed by atoms with Crippen molar-refractivity contribution in [3.8, 4) is 0 Å². The van der Waals surface area contributed by atoms with Gasteiger partial charge in [0, 0.05) is 29.9 Å². The van der Waals surface area contributed by atoms with E-state index in [-0.39, 0.29) is 28.7 Å². The molecule has 0 spiro atoms. The second-order valence-electron chi connectivity index (χ2n) is 7.73. The van der Waals surface area contributed by atoms with Crippen molar-refractivity contribution in [1.29, 1.82) is 0 Å². The number of carbonyl (C=O) groups excluding carboxylic acids is 4. The topological polar surface area (TPSA) is 199 Å². The normalized spacial score (nSPS) is 20.1. The molecule has 2 aromatic heterocycles. The molecule has 1 fully saturated rings. The highest BCUT2D eigenvalue weighted by atomic mass is 32.2. The maximum Gasteiger partial charge on any atom is 0.358 e. The predicted octanol–water partition coefficient (Wildman–Crippen LogP) is 0.965. The van der Waals surface area contributed by atoms with Crippen LogP contribution in [-0.2, 0) is 28.7 Å². The molecular formula is C21H21N7O7S3. The number of anilines is 1. The van der Waals surface area contributed by atoms with Crippen molar-refractivity contribution in [3.63, 3.8) is 0 Å². The first-order chi connectivity index (χ1) is 18.2. The SMILES string of the molecule is CCC(=O)OC(C)OC(=O)C1=C(/C=C\c2csnn2)CS[C@@H]2C(NC(=O)/C(=N\O)c3csc(N)n3)C(=O)N12. The molecule has 2 aliphatic heterocycles. The lowest BCUT2D eigenvalue weighted by molar-refractivity contribution is -0.184. The van der Waals surface area contributed by atoms with E-state index in [0.29, 0.717) is 11.3 Å². The van der Waals surface area contributed by atoms with Crippen LogP contribution in [0.4, 0.5) is 5.13 Å². The smallest absolute Gasteiger partial charge is 0.358 e. The summed E-state index contributed by atoms with van der Waals surface area (Å²) in [5.74, 6) is -2.58. The molecule has 3 atom stereocenters. The van der Waals surface area contributed by atoms with Crippen LogP contribution >= 0.6 is 34.6 Å². The van der Waals surface area contributed by atoms with Crippen LogP contribution in [-0.4, -0.2) is 77.6 Å². The van der Waals surface area contributed by atoms with E-state index in [0.717, 1.165) is 22.9 Å². The Hall–Kier alpha value is -3.83. The third kappa shape index (κ3) is 5.68. The summed E-state index contributed by atoms with van der Waals surface area (Å²) in [5.41, 5.74) is 6.20. The fourth-order valence-electron chi connectivity index (χ4n) is 3.51. The summed E-state index contributed by atoms with van der Waals surface area (Å²) < 4.78 is 14.1. The Morgan fingerprint density at radius 3 is 2.76 bits per heavy atom. The number of hydrogen-bond donors (Lipinski definition) is 3. The molecule has 0 bridgehead atoms. The van der Waals surface area contributed by atoms with Crippen LogP contribution in [0.1, 0.15) is 31.7 Å². The zero-order chi connectivity index (χ0) is 27.4. The Balaban J connectivity index is 1.55. The summed E-state index contributed by atoms with van der Waals surface area (Å²) in [6.45, 7) is 2.99. The zero-order valence-corrected chi connectivity index (χ0v) is 22.3. The number of allylic oxidation sites excluding steroid dienone is 1. The molecule has 0 radical (unpaired) electrons. The van der Waals surface area contributed by atoms with Crippen LogP contribution in [0.25, 0.3) is 6.08 Å². The highest BCUT2D eigenvalue weighted by Crippen LogP contribution is 2.41. The van der Waals surface area contributed by atoms with Gasteiger partial charge in [0.2, 0.25) is 6.29 Å². The summed E-state index contributed by atoms with van der Waals surface area (Å²) in [4.78, 5) is 55.8. The van der Waals surface area contributed by atoms with Gasteiger partial charge in [0.05, 0.1) is 5.69 Å². The van der Waals surface area contributed by atoms with Crippen molar-refractivity contribution < 1.29 is 33.9 Å². The molecule has 2 amide bonds. The van der Waals surface area contributed by atoms with Crippen molar-refractivity contribution in [2.75, 3.05) is 11.5 Å². The number of aromatic nitrogens is 3. The van der Waals surface area contributed by atoms with E-state index in [2.05, 4.69) is 25.0 Å². The molecule has 200 valence electrons. The standard InChI is InChI=1S/C21H21N7O7S3/c1-3-13(29)34-9(2)35-20(32)16-10(4-5-11-7-38-27-25-11)6-36-19-15(18(31)28(16)19)24-17(30)14(26-33)12-8-37-21(22)23-12/h4-5,7-9,15,19,33H,3,6H2,1-2H3,(H2,22,23)(H,24,30)/b5-4-,26-14-/t9?,15?,19-/m1/s1. The highest BCUT2D eigenvalue weighted by molar-refractivity contribution is 8.00. The fraction of sp³-hybridized carbons (Fsp3) is 0.333. The molecule has 0 saturated carbocycles. The van der Waals surface area contributed by atoms with Crippen molar-refractivity contribution in [3.05, 3.63) is 39.5 Å².